The summed E-state index contributed by atoms with van der Waals surface area (Å²) < 4.78 is 0. The topological polar surface area (TPSA) is 96.0 Å². The Morgan fingerprint density at radius 1 is 1.68 bits per heavy atom. The van der Waals surface area contributed by atoms with Gasteiger partial charge >= 0.3 is 5.00 Å². The molecule has 0 saturated carbocycles. The van der Waals surface area contributed by atoms with Gasteiger partial charge in [-0.1, -0.05) is 24.7 Å². The van der Waals surface area contributed by atoms with Gasteiger partial charge in [0.15, 0.2) is 0 Å². The summed E-state index contributed by atoms with van der Waals surface area (Å²) in [6.45, 7) is 2.51. The highest BCUT2D eigenvalue weighted by Crippen LogP contribution is 2.24. The quantitative estimate of drug-likeness (QED) is 0.284. The number of hydrogen-bond donors (Lipinski definition) is 1. The van der Waals surface area contributed by atoms with Crippen LogP contribution in [-0.4, -0.2) is 17.4 Å². The van der Waals surface area contributed by atoms with Gasteiger partial charge in [0.1, 0.15) is 11.6 Å². The number of carbonyl (C=O) groups is 1. The largest absolute Gasteiger partial charge is 0.351 e. The Balaban J connectivity index is 2.78. The number of nitrogens with one attached hydrogen (secondary N) is 1. The summed E-state index contributed by atoms with van der Waals surface area (Å²) in [5.41, 5.74) is 0.433. The monoisotopic (exact) mass is 279 g/mol. The van der Waals surface area contributed by atoms with Crippen molar-refractivity contribution in [1.82, 2.24) is 5.32 Å². The molecule has 1 amide bonds. The number of unbranched alkanes of at least 4 members (excludes halogenated alkanes) is 1. The standard InChI is InChI=1S/C12H13N3O3S/c1-2-3-4-14-12(16)10(7-13)5-9-6-11(15(17)18)19-8-9/h5-6,8H,2-4H2,1H3,(H,14,16)/b10-5+. The van der Waals surface area contributed by atoms with Crippen molar-refractivity contribution in [1.29, 1.82) is 5.26 Å². The number of nitriles is 1. The normalized spacial score (nSPS) is 10.8. The zero-order valence-electron chi connectivity index (χ0n) is 10.4. The molecule has 7 heteroatoms. The molecular formula is C12H13N3O3S. The summed E-state index contributed by atoms with van der Waals surface area (Å²) in [4.78, 5) is 21.7. The third-order valence-electron chi connectivity index (χ3n) is 2.28. The molecule has 0 radical (unpaired) electrons. The lowest BCUT2D eigenvalue weighted by atomic mass is 10.2. The van der Waals surface area contributed by atoms with E-state index in [0.29, 0.717) is 12.1 Å². The van der Waals surface area contributed by atoms with Gasteiger partial charge in [-0.25, -0.2) is 0 Å². The summed E-state index contributed by atoms with van der Waals surface area (Å²) in [7, 11) is 0. The van der Waals surface area contributed by atoms with E-state index in [1.165, 1.54) is 17.5 Å². The SMILES string of the molecule is CCCCNC(=O)/C(C#N)=C/c1csc([N+](=O)[O-])c1. The number of nitro groups is 1. The van der Waals surface area contributed by atoms with Crippen LogP contribution in [0.1, 0.15) is 25.3 Å². The number of carbonyl (C=O) groups excluding carboxylic acids is 1. The van der Waals surface area contributed by atoms with Crippen molar-refractivity contribution in [3.8, 4) is 6.07 Å². The second kappa shape index (κ2) is 7.28. The van der Waals surface area contributed by atoms with Crippen molar-refractivity contribution in [2.24, 2.45) is 0 Å². The predicted octanol–water partition coefficient (Wildman–Crippen LogP) is 2.48. The number of hydrogen-bond acceptors (Lipinski definition) is 5. The fourth-order valence-electron chi connectivity index (χ4n) is 1.30. The van der Waals surface area contributed by atoms with Crippen LogP contribution in [0.4, 0.5) is 5.00 Å². The molecule has 6 nitrogen and oxygen atoms in total. The minimum absolute atomic E-state index is 0.0186. The fourth-order valence-corrected chi connectivity index (χ4v) is 1.98. The molecule has 0 atom stereocenters. The highest BCUT2D eigenvalue weighted by atomic mass is 32.1. The average Bonchev–Trinajstić information content (AvgIpc) is 2.84. The molecule has 0 saturated heterocycles. The molecule has 0 aliphatic carbocycles. The number of amides is 1. The second-order valence-electron chi connectivity index (χ2n) is 3.75. The van der Waals surface area contributed by atoms with Gasteiger partial charge in [0.25, 0.3) is 5.91 Å². The first-order valence-corrected chi connectivity index (χ1v) is 6.59. The van der Waals surface area contributed by atoms with Gasteiger partial charge in [0.2, 0.25) is 0 Å². The Morgan fingerprint density at radius 2 is 2.42 bits per heavy atom. The van der Waals surface area contributed by atoms with Gasteiger partial charge in [-0.15, -0.1) is 0 Å². The molecule has 0 spiro atoms. The van der Waals surface area contributed by atoms with Crippen molar-refractivity contribution in [2.45, 2.75) is 19.8 Å². The molecule has 0 aliphatic heterocycles. The molecule has 1 N–H and O–H groups in total. The number of nitrogens with zero attached hydrogens (tertiary/aromatic N) is 2. The average molecular weight is 279 g/mol. The molecule has 1 heterocycles. The Labute approximate surface area is 114 Å². The van der Waals surface area contributed by atoms with Crippen molar-refractivity contribution < 1.29 is 9.72 Å². The molecule has 0 fully saturated rings. The first-order valence-electron chi connectivity index (χ1n) is 5.71. The van der Waals surface area contributed by atoms with Crippen LogP contribution in [0.15, 0.2) is 17.0 Å². The van der Waals surface area contributed by atoms with Crippen LogP contribution in [-0.2, 0) is 4.79 Å². The maximum absolute atomic E-state index is 11.7. The van der Waals surface area contributed by atoms with Crippen molar-refractivity contribution >= 4 is 28.3 Å². The molecule has 1 rings (SSSR count). The molecule has 1 aromatic rings. The Kier molecular flexibility index (Phi) is 5.70. The van der Waals surface area contributed by atoms with Crippen LogP contribution in [0.2, 0.25) is 0 Å². The fraction of sp³-hybridized carbons (Fsp3) is 0.333. The third-order valence-corrected chi connectivity index (χ3v) is 3.18. The van der Waals surface area contributed by atoms with E-state index in [0.717, 1.165) is 24.2 Å². The highest BCUT2D eigenvalue weighted by molar-refractivity contribution is 7.13. The van der Waals surface area contributed by atoms with Gasteiger partial charge in [-0.2, -0.15) is 5.26 Å². The molecule has 1 aromatic heterocycles. The molecule has 19 heavy (non-hydrogen) atoms. The molecule has 100 valence electrons. The molecule has 0 aromatic carbocycles. The Bertz CT molecular complexity index is 543. The van der Waals surface area contributed by atoms with Gasteiger partial charge in [-0.3, -0.25) is 14.9 Å². The van der Waals surface area contributed by atoms with Gasteiger partial charge in [-0.05, 0) is 18.1 Å². The van der Waals surface area contributed by atoms with E-state index in [-0.39, 0.29) is 10.6 Å². The van der Waals surface area contributed by atoms with Crippen LogP contribution in [0.3, 0.4) is 0 Å². The third kappa shape index (κ3) is 4.52. The van der Waals surface area contributed by atoms with Gasteiger partial charge in [0, 0.05) is 18.0 Å². The van der Waals surface area contributed by atoms with Crippen LogP contribution in [0, 0.1) is 21.4 Å². The maximum atomic E-state index is 11.7. The second-order valence-corrected chi connectivity index (χ2v) is 4.64. The zero-order valence-corrected chi connectivity index (χ0v) is 11.2. The van der Waals surface area contributed by atoms with Crippen molar-refractivity contribution in [2.75, 3.05) is 6.54 Å². The number of rotatable bonds is 6. The van der Waals surface area contributed by atoms with Crippen molar-refractivity contribution in [3.63, 3.8) is 0 Å². The summed E-state index contributed by atoms with van der Waals surface area (Å²) in [5.74, 6) is -0.454. The Hall–Kier alpha value is -2.20. The van der Waals surface area contributed by atoms with E-state index in [1.54, 1.807) is 6.07 Å². The summed E-state index contributed by atoms with van der Waals surface area (Å²) in [6.07, 6.45) is 3.14. The minimum Gasteiger partial charge on any atom is -0.351 e. The van der Waals surface area contributed by atoms with Gasteiger partial charge < -0.3 is 5.32 Å². The van der Waals surface area contributed by atoms with Gasteiger partial charge in [0.05, 0.1) is 4.92 Å². The molecular weight excluding hydrogens is 266 g/mol. The minimum atomic E-state index is -0.505. The summed E-state index contributed by atoms with van der Waals surface area (Å²) in [6, 6.07) is 3.13. The lowest BCUT2D eigenvalue weighted by Crippen LogP contribution is -2.25. The van der Waals surface area contributed by atoms with E-state index in [9.17, 15) is 14.9 Å². The molecule has 0 aliphatic rings. The van der Waals surface area contributed by atoms with E-state index < -0.39 is 10.8 Å². The van der Waals surface area contributed by atoms with Crippen LogP contribution >= 0.6 is 11.3 Å². The maximum Gasteiger partial charge on any atom is 0.324 e. The first-order chi connectivity index (χ1) is 9.08. The van der Waals surface area contributed by atoms with E-state index in [4.69, 9.17) is 5.26 Å². The first kappa shape index (κ1) is 14.9. The predicted molar refractivity (Wildman–Crippen MR) is 72.5 cm³/mol. The molecule has 0 unspecified atom stereocenters. The van der Waals surface area contributed by atoms with Crippen LogP contribution in [0.5, 0.6) is 0 Å². The summed E-state index contributed by atoms with van der Waals surface area (Å²) in [5, 5.41) is 23.6. The van der Waals surface area contributed by atoms with Crippen molar-refractivity contribution in [3.05, 3.63) is 32.7 Å². The number of thiophene rings is 1. The van der Waals surface area contributed by atoms with E-state index >= 15 is 0 Å². The van der Waals surface area contributed by atoms with E-state index in [2.05, 4.69) is 5.32 Å². The Morgan fingerprint density at radius 3 is 2.95 bits per heavy atom. The highest BCUT2D eigenvalue weighted by Gasteiger charge is 2.12. The van der Waals surface area contributed by atoms with E-state index in [1.807, 2.05) is 6.92 Å². The summed E-state index contributed by atoms with van der Waals surface area (Å²) >= 11 is 0.959. The van der Waals surface area contributed by atoms with Crippen LogP contribution in [0.25, 0.3) is 6.08 Å². The lowest BCUT2D eigenvalue weighted by molar-refractivity contribution is -0.380. The lowest BCUT2D eigenvalue weighted by Gasteiger charge is -2.01. The smallest absolute Gasteiger partial charge is 0.324 e. The van der Waals surface area contributed by atoms with Crippen LogP contribution < -0.4 is 5.32 Å². The zero-order chi connectivity index (χ0) is 14.3. The molecule has 0 bridgehead atoms.